The number of halogens is 1. The molecule has 0 radical (unpaired) electrons. The Balaban J connectivity index is 0.000000261. The Morgan fingerprint density at radius 1 is 1.23 bits per heavy atom. The summed E-state index contributed by atoms with van der Waals surface area (Å²) in [6.45, 7) is 0.568. The predicted octanol–water partition coefficient (Wildman–Crippen LogP) is 1.74. The van der Waals surface area contributed by atoms with Gasteiger partial charge in [0.15, 0.2) is 0 Å². The minimum atomic E-state index is -1.26. The first kappa shape index (κ1) is 17.5. The molecule has 0 bridgehead atoms. The van der Waals surface area contributed by atoms with Crippen LogP contribution < -0.4 is 5.73 Å². The van der Waals surface area contributed by atoms with E-state index in [-0.39, 0.29) is 5.75 Å². The third-order valence-electron chi connectivity index (χ3n) is 2.63. The molecular formula is C14H15ClN2O5. The number of aromatic nitrogens is 1. The summed E-state index contributed by atoms with van der Waals surface area (Å²) in [5.41, 5.74) is 7.45. The summed E-state index contributed by atoms with van der Waals surface area (Å²) in [5, 5.41) is 26.3. The Morgan fingerprint density at radius 3 is 2.32 bits per heavy atom. The molecule has 6 N–H and O–H groups in total. The number of hydrogen-bond acceptors (Lipinski definition) is 4. The fourth-order valence-corrected chi connectivity index (χ4v) is 2.02. The lowest BCUT2D eigenvalue weighted by atomic mass is 10.1. The van der Waals surface area contributed by atoms with E-state index in [1.165, 1.54) is 0 Å². The van der Waals surface area contributed by atoms with Crippen molar-refractivity contribution in [2.45, 2.75) is 6.42 Å². The number of aromatic amines is 1. The Kier molecular flexibility index (Phi) is 6.43. The number of rotatable bonds is 4. The van der Waals surface area contributed by atoms with Gasteiger partial charge in [-0.1, -0.05) is 11.6 Å². The lowest BCUT2D eigenvalue weighted by Gasteiger charge is -2.00. The van der Waals surface area contributed by atoms with Gasteiger partial charge in [-0.15, -0.1) is 0 Å². The fraction of sp³-hybridized carbons (Fsp3) is 0.143. The lowest BCUT2D eigenvalue weighted by Crippen LogP contribution is -2.01. The smallest absolute Gasteiger partial charge is 0.328 e. The van der Waals surface area contributed by atoms with Crippen molar-refractivity contribution in [3.63, 3.8) is 0 Å². The summed E-state index contributed by atoms with van der Waals surface area (Å²) in [6.07, 6.45) is 3.75. The zero-order valence-corrected chi connectivity index (χ0v) is 12.2. The van der Waals surface area contributed by atoms with Gasteiger partial charge in [0, 0.05) is 29.3 Å². The highest BCUT2D eigenvalue weighted by molar-refractivity contribution is 6.37. The summed E-state index contributed by atoms with van der Waals surface area (Å²) >= 11 is 6.00. The molecule has 1 aromatic heterocycles. The number of nitrogens with two attached hydrogens (primary N) is 1. The van der Waals surface area contributed by atoms with Crippen LogP contribution in [-0.2, 0) is 16.0 Å². The number of hydrogen-bond donors (Lipinski definition) is 5. The summed E-state index contributed by atoms with van der Waals surface area (Å²) in [6, 6.07) is 3.38. The second kappa shape index (κ2) is 8.06. The van der Waals surface area contributed by atoms with E-state index in [0.717, 1.165) is 22.9 Å². The average Bonchev–Trinajstić information content (AvgIpc) is 2.86. The van der Waals surface area contributed by atoms with Gasteiger partial charge in [0.05, 0.1) is 5.02 Å². The molecule has 0 atom stereocenters. The Labute approximate surface area is 130 Å². The normalized spacial score (nSPS) is 10.5. The van der Waals surface area contributed by atoms with Gasteiger partial charge in [-0.2, -0.15) is 0 Å². The van der Waals surface area contributed by atoms with Gasteiger partial charge in [-0.3, -0.25) is 0 Å². The number of carboxylic acid groups (broad SMARTS) is 2. The van der Waals surface area contributed by atoms with Crippen molar-refractivity contribution >= 4 is 34.4 Å². The second-order valence-electron chi connectivity index (χ2n) is 4.18. The van der Waals surface area contributed by atoms with Crippen LogP contribution in [0.2, 0.25) is 5.02 Å². The molecule has 1 heterocycles. The van der Waals surface area contributed by atoms with Gasteiger partial charge < -0.3 is 26.0 Å². The summed E-state index contributed by atoms with van der Waals surface area (Å²) in [4.78, 5) is 22.2. The van der Waals surface area contributed by atoms with Crippen LogP contribution in [0.3, 0.4) is 0 Å². The van der Waals surface area contributed by atoms with Gasteiger partial charge >= 0.3 is 11.9 Å². The van der Waals surface area contributed by atoms with Crippen molar-refractivity contribution in [1.82, 2.24) is 4.98 Å². The Bertz CT molecular complexity index is 693. The molecule has 7 nitrogen and oxygen atoms in total. The fourth-order valence-electron chi connectivity index (χ4n) is 1.73. The molecule has 2 rings (SSSR count). The standard InChI is InChI=1S/C10H11ClN2O.C4H4O4/c11-10-8(14)2-1-7-9(10)6(3-4-12)5-13-7;5-3(6)1-2-4(7)8/h1-2,5,13-14H,3-4,12H2;1-2H,(H,5,6)(H,7,8). The molecule has 118 valence electrons. The highest BCUT2D eigenvalue weighted by Gasteiger charge is 2.09. The first-order valence-electron chi connectivity index (χ1n) is 6.18. The summed E-state index contributed by atoms with van der Waals surface area (Å²) < 4.78 is 0. The van der Waals surface area contributed by atoms with Crippen LogP contribution in [0.25, 0.3) is 10.9 Å². The maximum Gasteiger partial charge on any atom is 0.328 e. The molecule has 0 aliphatic carbocycles. The SMILES string of the molecule is NCCc1c[nH]c2ccc(O)c(Cl)c12.O=C(O)C=CC(=O)O. The van der Waals surface area contributed by atoms with Crippen LogP contribution in [0.5, 0.6) is 5.75 Å². The highest BCUT2D eigenvalue weighted by Crippen LogP contribution is 2.33. The molecule has 0 aliphatic rings. The zero-order valence-electron chi connectivity index (χ0n) is 11.4. The number of benzene rings is 1. The average molecular weight is 327 g/mol. The van der Waals surface area contributed by atoms with Crippen LogP contribution in [0.15, 0.2) is 30.5 Å². The van der Waals surface area contributed by atoms with E-state index in [1.54, 1.807) is 12.1 Å². The minimum Gasteiger partial charge on any atom is -0.506 e. The predicted molar refractivity (Wildman–Crippen MR) is 82.1 cm³/mol. The molecule has 0 saturated heterocycles. The maximum atomic E-state index is 9.55. The lowest BCUT2D eigenvalue weighted by molar-refractivity contribution is -0.134. The van der Waals surface area contributed by atoms with Crippen LogP contribution in [0.4, 0.5) is 0 Å². The van der Waals surface area contributed by atoms with Gasteiger partial charge in [0.2, 0.25) is 0 Å². The molecule has 2 aromatic rings. The molecule has 1 aromatic carbocycles. The number of phenolic OH excluding ortho intramolecular Hbond substituents is 1. The molecule has 22 heavy (non-hydrogen) atoms. The van der Waals surface area contributed by atoms with Crippen molar-refractivity contribution in [3.05, 3.63) is 41.1 Å². The van der Waals surface area contributed by atoms with Crippen LogP contribution in [-0.4, -0.2) is 38.8 Å². The number of aromatic hydroxyl groups is 1. The van der Waals surface area contributed by atoms with Crippen molar-refractivity contribution in [3.8, 4) is 5.75 Å². The molecule has 0 aliphatic heterocycles. The number of carbonyl (C=O) groups is 2. The summed E-state index contributed by atoms with van der Waals surface area (Å²) in [5.74, 6) is -2.41. The van der Waals surface area contributed by atoms with Crippen molar-refractivity contribution in [2.24, 2.45) is 5.73 Å². The number of fused-ring (bicyclic) bond motifs is 1. The minimum absolute atomic E-state index is 0.108. The van der Waals surface area contributed by atoms with E-state index >= 15 is 0 Å². The van der Waals surface area contributed by atoms with Gasteiger partial charge in [0.25, 0.3) is 0 Å². The van der Waals surface area contributed by atoms with E-state index in [0.29, 0.717) is 23.7 Å². The zero-order chi connectivity index (χ0) is 16.7. The van der Waals surface area contributed by atoms with Crippen LogP contribution >= 0.6 is 11.6 Å². The number of phenols is 1. The van der Waals surface area contributed by atoms with Crippen molar-refractivity contribution in [1.29, 1.82) is 0 Å². The topological polar surface area (TPSA) is 137 Å². The Morgan fingerprint density at radius 2 is 1.82 bits per heavy atom. The second-order valence-corrected chi connectivity index (χ2v) is 4.56. The third kappa shape index (κ3) is 4.80. The van der Waals surface area contributed by atoms with E-state index in [9.17, 15) is 14.7 Å². The number of nitrogens with one attached hydrogen (secondary N) is 1. The quantitative estimate of drug-likeness (QED) is 0.543. The van der Waals surface area contributed by atoms with Crippen molar-refractivity contribution in [2.75, 3.05) is 6.54 Å². The van der Waals surface area contributed by atoms with E-state index < -0.39 is 11.9 Å². The molecular weight excluding hydrogens is 312 g/mol. The molecule has 0 fully saturated rings. The van der Waals surface area contributed by atoms with Crippen molar-refractivity contribution < 1.29 is 24.9 Å². The van der Waals surface area contributed by atoms with Crippen LogP contribution in [0, 0.1) is 0 Å². The Hall–Kier alpha value is -2.51. The molecule has 8 heteroatoms. The van der Waals surface area contributed by atoms with E-state index in [2.05, 4.69) is 4.98 Å². The highest BCUT2D eigenvalue weighted by atomic mass is 35.5. The first-order valence-corrected chi connectivity index (χ1v) is 6.56. The van der Waals surface area contributed by atoms with E-state index in [4.69, 9.17) is 27.5 Å². The number of aliphatic carboxylic acids is 2. The molecule has 0 unspecified atom stereocenters. The maximum absolute atomic E-state index is 9.55. The molecule has 0 spiro atoms. The van der Waals surface area contributed by atoms with Gasteiger partial charge in [-0.25, -0.2) is 9.59 Å². The third-order valence-corrected chi connectivity index (χ3v) is 3.01. The molecule has 0 saturated carbocycles. The summed E-state index contributed by atoms with van der Waals surface area (Å²) in [7, 11) is 0. The monoisotopic (exact) mass is 326 g/mol. The van der Waals surface area contributed by atoms with Gasteiger partial charge in [0.1, 0.15) is 5.75 Å². The largest absolute Gasteiger partial charge is 0.506 e. The van der Waals surface area contributed by atoms with Crippen LogP contribution in [0.1, 0.15) is 5.56 Å². The first-order chi connectivity index (χ1) is 10.4. The van der Waals surface area contributed by atoms with Gasteiger partial charge in [-0.05, 0) is 30.7 Å². The number of carboxylic acids is 2. The molecule has 0 amide bonds. The van der Waals surface area contributed by atoms with E-state index in [1.807, 2.05) is 6.20 Å². The number of H-pyrrole nitrogens is 1.